The molecule has 0 aliphatic rings. The molecule has 1 N–H and O–H groups in total. The molecule has 5 heteroatoms. The van der Waals surface area contributed by atoms with Crippen LogP contribution in [0.4, 0.5) is 0 Å². The highest BCUT2D eigenvalue weighted by molar-refractivity contribution is 5.05. The molecule has 0 radical (unpaired) electrons. The summed E-state index contributed by atoms with van der Waals surface area (Å²) in [6, 6.07) is 1.97. The van der Waals surface area contributed by atoms with E-state index in [4.69, 9.17) is 0 Å². The predicted octanol–water partition coefficient (Wildman–Crippen LogP) is 1.09. The first-order valence-corrected chi connectivity index (χ1v) is 4.49. The van der Waals surface area contributed by atoms with Crippen LogP contribution in [0.1, 0.15) is 25.4 Å². The van der Waals surface area contributed by atoms with E-state index >= 15 is 0 Å². The molecule has 2 aromatic rings. The van der Waals surface area contributed by atoms with Crippen LogP contribution in [0, 0.1) is 6.92 Å². The number of nitrogens with zero attached hydrogens (tertiary/aromatic N) is 4. The molecular formula is C9H13N5. The van der Waals surface area contributed by atoms with E-state index in [1.165, 1.54) is 6.33 Å². The number of hydrogen-bond acceptors (Lipinski definition) is 3. The van der Waals surface area contributed by atoms with Gasteiger partial charge in [0.15, 0.2) is 5.82 Å². The fraction of sp³-hybridized carbons (Fsp3) is 0.444. The zero-order valence-corrected chi connectivity index (χ0v) is 8.52. The van der Waals surface area contributed by atoms with Gasteiger partial charge in [-0.15, -0.1) is 0 Å². The first kappa shape index (κ1) is 8.93. The SMILES string of the molecule is Cc1ccn(C(C)(C)c2ncn[nH]2)n1. The number of aryl methyl sites for hydroxylation is 1. The normalized spacial score (nSPS) is 11.9. The Kier molecular flexibility index (Phi) is 1.87. The quantitative estimate of drug-likeness (QED) is 0.773. The molecule has 0 saturated carbocycles. The number of aromatic amines is 1. The molecule has 0 saturated heterocycles. The van der Waals surface area contributed by atoms with Crippen LogP contribution in [0.2, 0.25) is 0 Å². The van der Waals surface area contributed by atoms with Crippen LogP contribution in [0.3, 0.4) is 0 Å². The van der Waals surface area contributed by atoms with E-state index in [0.29, 0.717) is 0 Å². The van der Waals surface area contributed by atoms with Crippen LogP contribution in [-0.4, -0.2) is 25.0 Å². The second kappa shape index (κ2) is 2.94. The summed E-state index contributed by atoms with van der Waals surface area (Å²) in [6.07, 6.45) is 3.45. The van der Waals surface area contributed by atoms with Gasteiger partial charge in [0, 0.05) is 6.20 Å². The van der Waals surface area contributed by atoms with Crippen molar-refractivity contribution < 1.29 is 0 Å². The topological polar surface area (TPSA) is 59.4 Å². The summed E-state index contributed by atoms with van der Waals surface area (Å²) in [5, 5.41) is 11.1. The van der Waals surface area contributed by atoms with Crippen molar-refractivity contribution in [3.8, 4) is 0 Å². The molecule has 0 fully saturated rings. The van der Waals surface area contributed by atoms with Crippen molar-refractivity contribution in [2.24, 2.45) is 0 Å². The fourth-order valence-electron chi connectivity index (χ4n) is 1.34. The van der Waals surface area contributed by atoms with Gasteiger partial charge in [0.05, 0.1) is 5.69 Å². The Morgan fingerprint density at radius 3 is 2.71 bits per heavy atom. The summed E-state index contributed by atoms with van der Waals surface area (Å²) in [6.45, 7) is 6.05. The number of hydrogen-bond donors (Lipinski definition) is 1. The van der Waals surface area contributed by atoms with Gasteiger partial charge in [0.2, 0.25) is 0 Å². The summed E-state index contributed by atoms with van der Waals surface area (Å²) in [5.41, 5.74) is 0.711. The summed E-state index contributed by atoms with van der Waals surface area (Å²) >= 11 is 0. The van der Waals surface area contributed by atoms with Crippen LogP contribution in [0.5, 0.6) is 0 Å². The van der Waals surface area contributed by atoms with Gasteiger partial charge in [-0.3, -0.25) is 9.78 Å². The summed E-state index contributed by atoms with van der Waals surface area (Å²) in [4.78, 5) is 4.15. The van der Waals surface area contributed by atoms with Gasteiger partial charge in [-0.2, -0.15) is 10.2 Å². The Hall–Kier alpha value is -1.65. The Bertz CT molecular complexity index is 412. The van der Waals surface area contributed by atoms with Gasteiger partial charge >= 0.3 is 0 Å². The van der Waals surface area contributed by atoms with Gasteiger partial charge in [-0.25, -0.2) is 4.98 Å². The number of rotatable bonds is 2. The van der Waals surface area contributed by atoms with Gasteiger partial charge in [0.25, 0.3) is 0 Å². The highest BCUT2D eigenvalue weighted by atomic mass is 15.3. The lowest BCUT2D eigenvalue weighted by Crippen LogP contribution is -2.29. The molecule has 2 rings (SSSR count). The Morgan fingerprint density at radius 2 is 2.21 bits per heavy atom. The van der Waals surface area contributed by atoms with Gasteiger partial charge in [-0.1, -0.05) is 0 Å². The maximum atomic E-state index is 4.37. The summed E-state index contributed by atoms with van der Waals surface area (Å²) in [7, 11) is 0. The highest BCUT2D eigenvalue weighted by Gasteiger charge is 2.26. The van der Waals surface area contributed by atoms with Crippen LogP contribution >= 0.6 is 0 Å². The summed E-state index contributed by atoms with van der Waals surface area (Å²) < 4.78 is 1.88. The third kappa shape index (κ3) is 1.30. The molecule has 14 heavy (non-hydrogen) atoms. The minimum Gasteiger partial charge on any atom is -0.261 e. The second-order valence-corrected chi connectivity index (χ2v) is 3.79. The molecule has 0 bridgehead atoms. The van der Waals surface area contributed by atoms with Crippen LogP contribution < -0.4 is 0 Å². The zero-order chi connectivity index (χ0) is 10.2. The zero-order valence-electron chi connectivity index (χ0n) is 8.52. The molecule has 0 aromatic carbocycles. The monoisotopic (exact) mass is 191 g/mol. The molecule has 0 aliphatic carbocycles. The lowest BCUT2D eigenvalue weighted by molar-refractivity contribution is 0.368. The smallest absolute Gasteiger partial charge is 0.151 e. The first-order valence-electron chi connectivity index (χ1n) is 4.49. The van der Waals surface area contributed by atoms with E-state index in [1.807, 2.05) is 37.7 Å². The average Bonchev–Trinajstić information content (AvgIpc) is 2.72. The van der Waals surface area contributed by atoms with Gasteiger partial charge in [0.1, 0.15) is 11.9 Å². The molecule has 0 amide bonds. The predicted molar refractivity (Wildman–Crippen MR) is 51.8 cm³/mol. The molecular weight excluding hydrogens is 178 g/mol. The Labute approximate surface area is 82.2 Å². The van der Waals surface area contributed by atoms with Crippen molar-refractivity contribution in [3.63, 3.8) is 0 Å². The maximum absolute atomic E-state index is 4.37. The van der Waals surface area contributed by atoms with Crippen molar-refractivity contribution in [2.45, 2.75) is 26.3 Å². The standard InChI is InChI=1S/C9H13N5/c1-7-4-5-14(13-7)9(2,3)8-10-6-11-12-8/h4-6H,1-3H3,(H,10,11,12). The van der Waals surface area contributed by atoms with Crippen molar-refractivity contribution in [1.82, 2.24) is 25.0 Å². The molecule has 0 aliphatic heterocycles. The molecule has 5 nitrogen and oxygen atoms in total. The third-order valence-electron chi connectivity index (χ3n) is 2.29. The average molecular weight is 191 g/mol. The van der Waals surface area contributed by atoms with Crippen molar-refractivity contribution >= 4 is 0 Å². The van der Waals surface area contributed by atoms with Crippen LogP contribution in [-0.2, 0) is 5.54 Å². The Morgan fingerprint density at radius 1 is 1.43 bits per heavy atom. The molecule has 2 heterocycles. The van der Waals surface area contributed by atoms with Crippen LogP contribution in [0.15, 0.2) is 18.6 Å². The molecule has 0 unspecified atom stereocenters. The summed E-state index contributed by atoms with van der Waals surface area (Å²) in [5.74, 6) is 0.806. The first-order chi connectivity index (χ1) is 6.60. The number of H-pyrrole nitrogens is 1. The van der Waals surface area contributed by atoms with Crippen molar-refractivity contribution in [1.29, 1.82) is 0 Å². The largest absolute Gasteiger partial charge is 0.261 e. The highest BCUT2D eigenvalue weighted by Crippen LogP contribution is 2.20. The number of aromatic nitrogens is 5. The van der Waals surface area contributed by atoms with E-state index < -0.39 is 0 Å². The lowest BCUT2D eigenvalue weighted by atomic mass is 10.1. The molecule has 0 spiro atoms. The minimum atomic E-state index is -0.287. The van der Waals surface area contributed by atoms with E-state index in [9.17, 15) is 0 Å². The fourth-order valence-corrected chi connectivity index (χ4v) is 1.34. The van der Waals surface area contributed by atoms with Gasteiger partial charge < -0.3 is 0 Å². The maximum Gasteiger partial charge on any atom is 0.151 e. The molecule has 74 valence electrons. The molecule has 0 atom stereocenters. The van der Waals surface area contributed by atoms with Crippen molar-refractivity contribution in [2.75, 3.05) is 0 Å². The number of nitrogens with one attached hydrogen (secondary N) is 1. The third-order valence-corrected chi connectivity index (χ3v) is 2.29. The lowest BCUT2D eigenvalue weighted by Gasteiger charge is -2.22. The van der Waals surface area contributed by atoms with E-state index in [0.717, 1.165) is 11.5 Å². The van der Waals surface area contributed by atoms with E-state index in [2.05, 4.69) is 20.3 Å². The van der Waals surface area contributed by atoms with E-state index in [1.54, 1.807) is 0 Å². The molecule has 2 aromatic heterocycles. The van der Waals surface area contributed by atoms with Crippen LogP contribution in [0.25, 0.3) is 0 Å². The van der Waals surface area contributed by atoms with Gasteiger partial charge in [-0.05, 0) is 26.8 Å². The second-order valence-electron chi connectivity index (χ2n) is 3.79. The Balaban J connectivity index is 2.42. The minimum absolute atomic E-state index is 0.287. The van der Waals surface area contributed by atoms with E-state index in [-0.39, 0.29) is 5.54 Å². The van der Waals surface area contributed by atoms with Crippen molar-refractivity contribution in [3.05, 3.63) is 30.1 Å².